The Morgan fingerprint density at radius 1 is 1.19 bits per heavy atom. The van der Waals surface area contributed by atoms with Crippen molar-refractivity contribution in [2.24, 2.45) is 11.8 Å². The SMILES string of the molecule is O=C(NC1CCC2CNCC2C1)C(F)(F)F. The zero-order valence-electron chi connectivity index (χ0n) is 8.81. The van der Waals surface area contributed by atoms with E-state index in [0.29, 0.717) is 24.7 Å². The van der Waals surface area contributed by atoms with Gasteiger partial charge in [-0.2, -0.15) is 13.2 Å². The molecule has 2 rings (SSSR count). The molecule has 1 amide bonds. The fourth-order valence-electron chi connectivity index (χ4n) is 2.70. The lowest BCUT2D eigenvalue weighted by molar-refractivity contribution is -0.174. The molecular weight excluding hydrogens is 221 g/mol. The normalized spacial score (nSPS) is 34.6. The van der Waals surface area contributed by atoms with Crippen LogP contribution in [-0.2, 0) is 4.79 Å². The molecule has 3 unspecified atom stereocenters. The van der Waals surface area contributed by atoms with E-state index in [9.17, 15) is 18.0 Å². The molecule has 2 N–H and O–H groups in total. The molecule has 0 bridgehead atoms. The Kier molecular flexibility index (Phi) is 3.10. The third-order valence-corrected chi connectivity index (χ3v) is 3.55. The predicted octanol–water partition coefficient (Wildman–Crippen LogP) is 1.05. The number of nitrogens with one attached hydrogen (secondary N) is 2. The summed E-state index contributed by atoms with van der Waals surface area (Å²) in [7, 11) is 0. The molecule has 16 heavy (non-hydrogen) atoms. The Morgan fingerprint density at radius 2 is 1.88 bits per heavy atom. The standard InChI is InChI=1S/C10H15F3N2O/c11-10(12,13)9(16)15-8-2-1-6-4-14-5-7(6)3-8/h6-8,14H,1-5H2,(H,15,16). The van der Waals surface area contributed by atoms with Crippen molar-refractivity contribution in [1.29, 1.82) is 0 Å². The number of carbonyl (C=O) groups excluding carboxylic acids is 1. The van der Waals surface area contributed by atoms with E-state index in [-0.39, 0.29) is 6.04 Å². The van der Waals surface area contributed by atoms with Crippen LogP contribution < -0.4 is 10.6 Å². The maximum atomic E-state index is 12.0. The van der Waals surface area contributed by atoms with Crippen LogP contribution in [0.4, 0.5) is 13.2 Å². The Bertz CT molecular complexity index is 280. The van der Waals surface area contributed by atoms with Gasteiger partial charge in [0.1, 0.15) is 0 Å². The largest absolute Gasteiger partial charge is 0.471 e. The van der Waals surface area contributed by atoms with Crippen LogP contribution in [0.2, 0.25) is 0 Å². The first-order chi connectivity index (χ1) is 7.47. The summed E-state index contributed by atoms with van der Waals surface area (Å²) in [6, 6.07) is -0.310. The Labute approximate surface area is 91.8 Å². The first kappa shape index (κ1) is 11.7. The molecule has 92 valence electrons. The monoisotopic (exact) mass is 236 g/mol. The van der Waals surface area contributed by atoms with E-state index in [0.717, 1.165) is 19.5 Å². The van der Waals surface area contributed by atoms with E-state index in [1.165, 1.54) is 0 Å². The van der Waals surface area contributed by atoms with Gasteiger partial charge >= 0.3 is 12.1 Å². The lowest BCUT2D eigenvalue weighted by Crippen LogP contribution is -2.46. The lowest BCUT2D eigenvalue weighted by atomic mass is 9.79. The van der Waals surface area contributed by atoms with Crippen LogP contribution in [0, 0.1) is 11.8 Å². The lowest BCUT2D eigenvalue weighted by Gasteiger charge is -2.31. The van der Waals surface area contributed by atoms with Crippen molar-refractivity contribution < 1.29 is 18.0 Å². The summed E-state index contributed by atoms with van der Waals surface area (Å²) >= 11 is 0. The van der Waals surface area contributed by atoms with Gasteiger partial charge in [0, 0.05) is 6.04 Å². The zero-order valence-corrected chi connectivity index (χ0v) is 8.81. The number of rotatable bonds is 1. The molecule has 1 aliphatic heterocycles. The molecule has 3 nitrogen and oxygen atoms in total. The summed E-state index contributed by atoms with van der Waals surface area (Å²) in [5.41, 5.74) is 0. The Balaban J connectivity index is 1.85. The molecule has 0 aromatic heterocycles. The molecule has 1 aliphatic carbocycles. The average Bonchev–Trinajstić information content (AvgIpc) is 2.63. The number of amides is 1. The maximum absolute atomic E-state index is 12.0. The average molecular weight is 236 g/mol. The number of hydrogen-bond donors (Lipinski definition) is 2. The number of hydrogen-bond acceptors (Lipinski definition) is 2. The smallest absolute Gasteiger partial charge is 0.346 e. The summed E-state index contributed by atoms with van der Waals surface area (Å²) in [4.78, 5) is 10.8. The quantitative estimate of drug-likeness (QED) is 0.714. The van der Waals surface area contributed by atoms with Crippen LogP contribution in [0.25, 0.3) is 0 Å². The third kappa shape index (κ3) is 2.48. The topological polar surface area (TPSA) is 41.1 Å². The van der Waals surface area contributed by atoms with Gasteiger partial charge in [0.05, 0.1) is 0 Å². The molecule has 0 radical (unpaired) electrons. The van der Waals surface area contributed by atoms with Crippen LogP contribution >= 0.6 is 0 Å². The summed E-state index contributed by atoms with van der Waals surface area (Å²) < 4.78 is 36.1. The summed E-state index contributed by atoms with van der Waals surface area (Å²) in [5, 5.41) is 5.31. The van der Waals surface area contributed by atoms with E-state index < -0.39 is 12.1 Å². The zero-order chi connectivity index (χ0) is 11.8. The number of carbonyl (C=O) groups is 1. The summed E-state index contributed by atoms with van der Waals surface area (Å²) in [6.45, 7) is 1.83. The van der Waals surface area contributed by atoms with Crippen molar-refractivity contribution in [2.75, 3.05) is 13.1 Å². The molecule has 0 aromatic carbocycles. The first-order valence-electron chi connectivity index (χ1n) is 5.55. The van der Waals surface area contributed by atoms with E-state index >= 15 is 0 Å². The fourth-order valence-corrected chi connectivity index (χ4v) is 2.70. The third-order valence-electron chi connectivity index (χ3n) is 3.55. The molecule has 3 atom stereocenters. The van der Waals surface area contributed by atoms with Crippen molar-refractivity contribution in [3.63, 3.8) is 0 Å². The molecule has 0 spiro atoms. The molecule has 1 saturated heterocycles. The molecule has 0 aromatic rings. The summed E-state index contributed by atoms with van der Waals surface area (Å²) in [5.74, 6) is -0.798. The van der Waals surface area contributed by atoms with Gasteiger partial charge in [0.2, 0.25) is 0 Å². The molecular formula is C10H15F3N2O. The van der Waals surface area contributed by atoms with Crippen molar-refractivity contribution in [2.45, 2.75) is 31.5 Å². The summed E-state index contributed by atoms with van der Waals surface area (Å²) in [6.07, 6.45) is -2.53. The number of halogens is 3. The van der Waals surface area contributed by atoms with Crippen molar-refractivity contribution in [1.82, 2.24) is 10.6 Å². The Hall–Kier alpha value is -0.780. The van der Waals surface area contributed by atoms with E-state index in [2.05, 4.69) is 10.6 Å². The minimum atomic E-state index is -4.76. The fraction of sp³-hybridized carbons (Fsp3) is 0.900. The molecule has 6 heteroatoms. The van der Waals surface area contributed by atoms with Gasteiger partial charge in [-0.15, -0.1) is 0 Å². The van der Waals surface area contributed by atoms with E-state index in [1.54, 1.807) is 0 Å². The molecule has 1 saturated carbocycles. The van der Waals surface area contributed by atoms with Gasteiger partial charge in [-0.05, 0) is 44.2 Å². The minimum Gasteiger partial charge on any atom is -0.346 e. The highest BCUT2D eigenvalue weighted by molar-refractivity contribution is 5.81. The number of fused-ring (bicyclic) bond motifs is 1. The van der Waals surface area contributed by atoms with Crippen molar-refractivity contribution >= 4 is 5.91 Å². The maximum Gasteiger partial charge on any atom is 0.471 e. The van der Waals surface area contributed by atoms with Crippen LogP contribution in [0.1, 0.15) is 19.3 Å². The second kappa shape index (κ2) is 4.24. The Morgan fingerprint density at radius 3 is 2.56 bits per heavy atom. The van der Waals surface area contributed by atoms with Gasteiger partial charge in [-0.25, -0.2) is 0 Å². The molecule has 2 aliphatic rings. The van der Waals surface area contributed by atoms with Crippen LogP contribution in [-0.4, -0.2) is 31.2 Å². The predicted molar refractivity (Wildman–Crippen MR) is 51.7 cm³/mol. The second-order valence-electron chi connectivity index (χ2n) is 4.66. The van der Waals surface area contributed by atoms with Crippen LogP contribution in [0.3, 0.4) is 0 Å². The first-order valence-corrected chi connectivity index (χ1v) is 5.55. The highest BCUT2D eigenvalue weighted by Crippen LogP contribution is 2.32. The van der Waals surface area contributed by atoms with E-state index in [4.69, 9.17) is 0 Å². The van der Waals surface area contributed by atoms with Gasteiger partial charge in [-0.1, -0.05) is 0 Å². The molecule has 2 fully saturated rings. The molecule has 1 heterocycles. The van der Waals surface area contributed by atoms with Gasteiger partial charge in [0.25, 0.3) is 0 Å². The second-order valence-corrected chi connectivity index (χ2v) is 4.66. The highest BCUT2D eigenvalue weighted by Gasteiger charge is 2.41. The van der Waals surface area contributed by atoms with Gasteiger partial charge in [-0.3, -0.25) is 4.79 Å². The van der Waals surface area contributed by atoms with Gasteiger partial charge in [0.15, 0.2) is 0 Å². The van der Waals surface area contributed by atoms with Crippen molar-refractivity contribution in [3.05, 3.63) is 0 Å². The van der Waals surface area contributed by atoms with Crippen LogP contribution in [0.15, 0.2) is 0 Å². The van der Waals surface area contributed by atoms with Crippen LogP contribution in [0.5, 0.6) is 0 Å². The van der Waals surface area contributed by atoms with Crippen molar-refractivity contribution in [3.8, 4) is 0 Å². The minimum absolute atomic E-state index is 0.310. The number of alkyl halides is 3. The van der Waals surface area contributed by atoms with Gasteiger partial charge < -0.3 is 10.6 Å². The van der Waals surface area contributed by atoms with E-state index in [1.807, 2.05) is 0 Å². The highest BCUT2D eigenvalue weighted by atomic mass is 19.4.